The molecule has 2 aliphatic heterocycles. The minimum absolute atomic E-state index is 0.0268. The third-order valence-electron chi connectivity index (χ3n) is 8.60. The summed E-state index contributed by atoms with van der Waals surface area (Å²) in [5, 5.41) is 10.5. The minimum atomic E-state index is -3.30. The number of nitriles is 1. The zero-order valence-electron chi connectivity index (χ0n) is 25.7. The van der Waals surface area contributed by atoms with Crippen LogP contribution in [-0.2, 0) is 16.4 Å². The lowest BCUT2D eigenvalue weighted by atomic mass is 10.1. The van der Waals surface area contributed by atoms with Gasteiger partial charge in [0.1, 0.15) is 33.9 Å². The predicted molar refractivity (Wildman–Crippen MR) is 173 cm³/mol. The highest BCUT2D eigenvalue weighted by Gasteiger charge is 2.48. The molecule has 0 aliphatic carbocycles. The van der Waals surface area contributed by atoms with Crippen LogP contribution < -0.4 is 9.80 Å². The Hall–Kier alpha value is -3.57. The van der Waals surface area contributed by atoms with Gasteiger partial charge in [0.2, 0.25) is 10.0 Å². The molecular weight excluding hydrogens is 600 g/mol. The van der Waals surface area contributed by atoms with Gasteiger partial charge in [0.05, 0.1) is 17.1 Å². The molecule has 2 aliphatic rings. The van der Waals surface area contributed by atoms with E-state index in [0.29, 0.717) is 47.2 Å². The van der Waals surface area contributed by atoms with Crippen LogP contribution in [0, 0.1) is 24.1 Å². The summed E-state index contributed by atoms with van der Waals surface area (Å²) in [6.07, 6.45) is 4.24. The van der Waals surface area contributed by atoms with E-state index >= 15 is 0 Å². The van der Waals surface area contributed by atoms with E-state index in [9.17, 15) is 18.1 Å². The first-order valence-corrected chi connectivity index (χ1v) is 17.3. The minimum Gasteiger partial charge on any atom is -0.364 e. The number of anilines is 3. The number of rotatable bonds is 10. The van der Waals surface area contributed by atoms with Crippen molar-refractivity contribution < 1.29 is 12.8 Å². The highest BCUT2D eigenvalue weighted by molar-refractivity contribution is 7.89. The molecule has 2 fully saturated rings. The van der Waals surface area contributed by atoms with Gasteiger partial charge in [0.15, 0.2) is 5.13 Å². The van der Waals surface area contributed by atoms with Crippen molar-refractivity contribution in [2.75, 3.05) is 56.3 Å². The molecule has 0 radical (unpaired) electrons. The number of thiazole rings is 1. The normalized spacial score (nSPS) is 18.5. The average molecular weight is 637 g/mol. The molecule has 0 saturated carbocycles. The second-order valence-corrected chi connectivity index (χ2v) is 14.9. The monoisotopic (exact) mass is 636 g/mol. The van der Waals surface area contributed by atoms with Crippen LogP contribution in [0.15, 0.2) is 36.5 Å². The average Bonchev–Trinajstić information content (AvgIpc) is 3.78. The lowest BCUT2D eigenvalue weighted by Crippen LogP contribution is -2.49. The van der Waals surface area contributed by atoms with Crippen molar-refractivity contribution in [1.82, 2.24) is 23.6 Å². The van der Waals surface area contributed by atoms with Crippen molar-refractivity contribution in [3.63, 3.8) is 0 Å². The summed E-state index contributed by atoms with van der Waals surface area (Å²) in [7, 11) is 2.54. The van der Waals surface area contributed by atoms with Crippen LogP contribution in [0.4, 0.5) is 21.0 Å². The number of piperazine rings is 1. The Balaban J connectivity index is 1.31. The molecule has 4 aromatic rings. The molecule has 0 spiro atoms. The summed E-state index contributed by atoms with van der Waals surface area (Å²) < 4.78 is 43.7. The van der Waals surface area contributed by atoms with Crippen LogP contribution in [0.2, 0.25) is 0 Å². The molecule has 232 valence electrons. The first-order chi connectivity index (χ1) is 21.0. The third kappa shape index (κ3) is 5.45. The third-order valence-corrected chi connectivity index (χ3v) is 11.6. The number of fused-ring (bicyclic) bond motifs is 3. The Morgan fingerprint density at radius 3 is 2.52 bits per heavy atom. The predicted octanol–water partition coefficient (Wildman–Crippen LogP) is 4.65. The van der Waals surface area contributed by atoms with Crippen molar-refractivity contribution in [2.24, 2.45) is 0 Å². The maximum absolute atomic E-state index is 13.6. The second-order valence-electron chi connectivity index (χ2n) is 11.9. The smallest absolute Gasteiger partial charge is 0.214 e. The van der Waals surface area contributed by atoms with Gasteiger partial charge in [0.25, 0.3) is 0 Å². The zero-order chi connectivity index (χ0) is 31.3. The lowest BCUT2D eigenvalue weighted by molar-refractivity contribution is 0.363. The van der Waals surface area contributed by atoms with E-state index in [1.807, 2.05) is 30.9 Å². The molecule has 0 unspecified atom stereocenters. The molecule has 0 amide bonds. The number of sulfonamides is 1. The number of aromatic nitrogens is 3. The van der Waals surface area contributed by atoms with E-state index < -0.39 is 10.0 Å². The van der Waals surface area contributed by atoms with Gasteiger partial charge in [-0.3, -0.25) is 4.40 Å². The van der Waals surface area contributed by atoms with Gasteiger partial charge in [0, 0.05) is 44.0 Å². The molecule has 5 heterocycles. The van der Waals surface area contributed by atoms with Crippen LogP contribution in [0.5, 0.6) is 0 Å². The summed E-state index contributed by atoms with van der Waals surface area (Å²) in [6.45, 7) is 6.02. The number of imidazole rings is 1. The maximum atomic E-state index is 13.6. The zero-order valence-corrected chi connectivity index (χ0v) is 27.3. The number of nitrogens with zero attached hydrogens (tertiary/aromatic N) is 8. The number of aryl methyl sites for hydroxylation is 2. The van der Waals surface area contributed by atoms with E-state index in [0.717, 1.165) is 41.4 Å². The highest BCUT2D eigenvalue weighted by atomic mass is 32.2. The fourth-order valence-electron chi connectivity index (χ4n) is 6.47. The fraction of sp³-hybridized carbons (Fsp3) is 0.452. The molecular formula is C31H37FN8O2S2. The summed E-state index contributed by atoms with van der Waals surface area (Å²) in [5.74, 6) is 0.701. The Morgan fingerprint density at radius 1 is 1.14 bits per heavy atom. The number of benzene rings is 1. The topological polar surface area (TPSA) is 101 Å². The Morgan fingerprint density at radius 2 is 1.89 bits per heavy atom. The first kappa shape index (κ1) is 30.5. The van der Waals surface area contributed by atoms with Crippen LogP contribution in [0.1, 0.15) is 35.9 Å². The van der Waals surface area contributed by atoms with Gasteiger partial charge >= 0.3 is 0 Å². The van der Waals surface area contributed by atoms with E-state index in [1.54, 1.807) is 16.4 Å². The molecule has 13 heteroatoms. The van der Waals surface area contributed by atoms with Crippen molar-refractivity contribution in [3.05, 3.63) is 58.5 Å². The van der Waals surface area contributed by atoms with E-state index in [4.69, 9.17) is 9.97 Å². The van der Waals surface area contributed by atoms with Crippen molar-refractivity contribution >= 4 is 43.6 Å². The second kappa shape index (κ2) is 11.7. The van der Waals surface area contributed by atoms with Gasteiger partial charge < -0.3 is 14.7 Å². The molecule has 0 N–H and O–H groups in total. The summed E-state index contributed by atoms with van der Waals surface area (Å²) in [4.78, 5) is 16.6. The molecule has 10 nitrogen and oxygen atoms in total. The molecule has 44 heavy (non-hydrogen) atoms. The van der Waals surface area contributed by atoms with Crippen LogP contribution in [-0.4, -0.2) is 90.6 Å². The van der Waals surface area contributed by atoms with Crippen molar-refractivity contribution in [3.8, 4) is 17.3 Å². The molecule has 1 aromatic carbocycles. The van der Waals surface area contributed by atoms with Gasteiger partial charge in [-0.15, -0.1) is 0 Å². The maximum Gasteiger partial charge on any atom is 0.214 e. The number of halogens is 1. The Labute approximate surface area is 262 Å². The van der Waals surface area contributed by atoms with Gasteiger partial charge in [-0.1, -0.05) is 18.3 Å². The lowest BCUT2D eigenvalue weighted by Gasteiger charge is -2.35. The fourth-order valence-corrected chi connectivity index (χ4v) is 9.05. The van der Waals surface area contributed by atoms with Crippen molar-refractivity contribution in [2.45, 2.75) is 45.2 Å². The highest BCUT2D eigenvalue weighted by Crippen LogP contribution is 2.40. The van der Waals surface area contributed by atoms with E-state index in [-0.39, 0.29) is 23.7 Å². The molecule has 3 aromatic heterocycles. The SMILES string of the molecule is CCc1nc2c(C)cc(N3C[C@@H]4C[C@H]3CN4S(=O)(=O)CCCN(C)C)cn2c1N(C)c1nc(-c2ccc(F)cc2)c(C#N)s1. The summed E-state index contributed by atoms with van der Waals surface area (Å²) >= 11 is 1.29. The van der Waals surface area contributed by atoms with Gasteiger partial charge in [-0.25, -0.2) is 22.8 Å². The van der Waals surface area contributed by atoms with E-state index in [2.05, 4.69) is 41.5 Å². The molecule has 2 saturated heterocycles. The molecule has 2 atom stereocenters. The summed E-state index contributed by atoms with van der Waals surface area (Å²) in [5.41, 5.74) is 5.02. The Bertz CT molecular complexity index is 1840. The first-order valence-electron chi connectivity index (χ1n) is 14.8. The van der Waals surface area contributed by atoms with Gasteiger partial charge in [-0.05, 0) is 82.7 Å². The van der Waals surface area contributed by atoms with Crippen LogP contribution in [0.25, 0.3) is 16.9 Å². The number of pyridine rings is 1. The van der Waals surface area contributed by atoms with Crippen molar-refractivity contribution in [1.29, 1.82) is 5.26 Å². The molecule has 6 rings (SSSR count). The largest absolute Gasteiger partial charge is 0.364 e. The Kier molecular flexibility index (Phi) is 8.13. The summed E-state index contributed by atoms with van der Waals surface area (Å²) in [6, 6.07) is 10.5. The number of hydrogen-bond donors (Lipinski definition) is 0. The number of hydrogen-bond acceptors (Lipinski definition) is 9. The van der Waals surface area contributed by atoms with E-state index in [1.165, 1.54) is 23.5 Å². The molecule has 2 bridgehead atoms. The van der Waals surface area contributed by atoms with Gasteiger partial charge in [-0.2, -0.15) is 9.57 Å². The quantitative estimate of drug-likeness (QED) is 0.248. The van der Waals surface area contributed by atoms with Crippen LogP contribution in [0.3, 0.4) is 0 Å². The van der Waals surface area contributed by atoms with Crippen LogP contribution >= 0.6 is 11.3 Å². The standard InChI is InChI=1S/C31H37FN8O2S2/c1-6-26-30(37(5)31-35-28(27(16-33)43-31)21-8-10-22(32)11-9-21)39-17-23(14-20(2)29(39)34-26)38-18-25-15-24(38)19-40(25)44(41,42)13-7-12-36(3)4/h8-11,14,17,24-25H,6-7,12-13,15,18-19H2,1-5H3/t24-,25-/m0/s1.